The lowest BCUT2D eigenvalue weighted by atomic mass is 10.1. The Kier molecular flexibility index (Phi) is 6.37. The number of phenols is 2. The molecule has 0 radical (unpaired) electrons. The van der Waals surface area contributed by atoms with Crippen molar-refractivity contribution >= 4 is 39.5 Å². The summed E-state index contributed by atoms with van der Waals surface area (Å²) in [5.41, 5.74) is 3.67. The van der Waals surface area contributed by atoms with E-state index in [0.717, 1.165) is 21.9 Å². The molecule has 5 rings (SSSR count). The lowest BCUT2D eigenvalue weighted by molar-refractivity contribution is 0.0693. The van der Waals surface area contributed by atoms with E-state index in [1.807, 2.05) is 66.7 Å². The van der Waals surface area contributed by atoms with E-state index in [2.05, 4.69) is 20.5 Å². The molecule has 180 valence electrons. The smallest absolute Gasteiger partial charge is 0.339 e. The van der Waals surface area contributed by atoms with E-state index < -0.39 is 5.97 Å². The number of azo groups is 2. The van der Waals surface area contributed by atoms with Crippen molar-refractivity contribution in [1.82, 2.24) is 0 Å². The van der Waals surface area contributed by atoms with Crippen LogP contribution in [0.2, 0.25) is 0 Å². The Morgan fingerprint density at radius 2 is 1.16 bits per heavy atom. The highest BCUT2D eigenvalue weighted by molar-refractivity contribution is 5.92. The Hall–Kier alpha value is -5.37. The molecule has 3 N–H and O–H groups in total. The van der Waals surface area contributed by atoms with Gasteiger partial charge in [0.2, 0.25) is 0 Å². The summed E-state index contributed by atoms with van der Waals surface area (Å²) in [6.45, 7) is 0. The third-order valence-electron chi connectivity index (χ3n) is 5.71. The third-order valence-corrected chi connectivity index (χ3v) is 5.71. The Morgan fingerprint density at radius 1 is 0.595 bits per heavy atom. The van der Waals surface area contributed by atoms with Gasteiger partial charge in [-0.05, 0) is 65.0 Å². The summed E-state index contributed by atoms with van der Waals surface area (Å²) < 4.78 is 0. The number of rotatable bonds is 6. The number of fused-ring (bicyclic) bond motifs is 1. The summed E-state index contributed by atoms with van der Waals surface area (Å²) in [6.07, 6.45) is 0. The highest BCUT2D eigenvalue weighted by atomic mass is 16.4. The molecule has 0 atom stereocenters. The van der Waals surface area contributed by atoms with Crippen molar-refractivity contribution in [2.24, 2.45) is 20.5 Å². The minimum atomic E-state index is -1.24. The van der Waals surface area contributed by atoms with Crippen molar-refractivity contribution in [3.05, 3.63) is 109 Å². The van der Waals surface area contributed by atoms with Gasteiger partial charge in [-0.3, -0.25) is 0 Å². The molecule has 0 saturated heterocycles. The topological polar surface area (TPSA) is 127 Å². The summed E-state index contributed by atoms with van der Waals surface area (Å²) in [5, 5.41) is 47.5. The molecule has 0 heterocycles. The van der Waals surface area contributed by atoms with Gasteiger partial charge in [0.05, 0.1) is 17.1 Å². The molecule has 37 heavy (non-hydrogen) atoms. The fourth-order valence-corrected chi connectivity index (χ4v) is 3.75. The number of carbonyl (C=O) groups is 1. The van der Waals surface area contributed by atoms with Crippen LogP contribution in [-0.2, 0) is 0 Å². The molecule has 0 fully saturated rings. The molecule has 0 amide bonds. The number of hydrogen-bond donors (Lipinski definition) is 3. The van der Waals surface area contributed by atoms with Crippen LogP contribution in [0.5, 0.6) is 11.5 Å². The van der Waals surface area contributed by atoms with E-state index in [1.165, 1.54) is 18.2 Å². The molecule has 5 aromatic rings. The van der Waals surface area contributed by atoms with Crippen LogP contribution < -0.4 is 0 Å². The van der Waals surface area contributed by atoms with E-state index >= 15 is 0 Å². The lowest BCUT2D eigenvalue weighted by Crippen LogP contribution is -1.95. The van der Waals surface area contributed by atoms with Crippen LogP contribution in [0.25, 0.3) is 21.9 Å². The molecule has 8 nitrogen and oxygen atoms in total. The van der Waals surface area contributed by atoms with Crippen LogP contribution >= 0.6 is 0 Å². The van der Waals surface area contributed by atoms with Crippen molar-refractivity contribution in [1.29, 1.82) is 0 Å². The minimum Gasteiger partial charge on any atom is -0.507 e. The van der Waals surface area contributed by atoms with Crippen LogP contribution in [0.4, 0.5) is 22.7 Å². The molecule has 8 heteroatoms. The van der Waals surface area contributed by atoms with Crippen molar-refractivity contribution < 1.29 is 20.1 Å². The number of hydrogen-bond acceptors (Lipinski definition) is 7. The second kappa shape index (κ2) is 10.1. The Labute approximate surface area is 211 Å². The Balaban J connectivity index is 1.28. The second-order valence-electron chi connectivity index (χ2n) is 8.15. The summed E-state index contributed by atoms with van der Waals surface area (Å²) in [4.78, 5) is 11.1. The predicted octanol–water partition coefficient (Wildman–Crippen LogP) is 8.45. The fourth-order valence-electron chi connectivity index (χ4n) is 3.75. The van der Waals surface area contributed by atoms with Crippen molar-refractivity contribution in [3.8, 4) is 22.6 Å². The highest BCUT2D eigenvalue weighted by Crippen LogP contribution is 2.35. The number of nitrogens with zero attached hydrogens (tertiary/aromatic N) is 4. The molecule has 0 aliphatic carbocycles. The average Bonchev–Trinajstić information content (AvgIpc) is 2.93. The first-order valence-electron chi connectivity index (χ1n) is 11.3. The average molecular weight is 489 g/mol. The lowest BCUT2D eigenvalue weighted by Gasteiger charge is -2.04. The molecule has 0 aliphatic rings. The quantitative estimate of drug-likeness (QED) is 0.207. The first-order valence-corrected chi connectivity index (χ1v) is 11.3. The third kappa shape index (κ3) is 5.18. The summed E-state index contributed by atoms with van der Waals surface area (Å²) >= 11 is 0. The van der Waals surface area contributed by atoms with Gasteiger partial charge in [0.25, 0.3) is 0 Å². The van der Waals surface area contributed by atoms with Gasteiger partial charge in [-0.25, -0.2) is 4.79 Å². The Bertz CT molecular complexity index is 1660. The van der Waals surface area contributed by atoms with Crippen LogP contribution in [0, 0.1) is 0 Å². The number of benzene rings is 5. The highest BCUT2D eigenvalue weighted by Gasteiger charge is 2.10. The summed E-state index contributed by atoms with van der Waals surface area (Å²) in [6, 6.07) is 30.1. The molecular formula is C29H20N4O4. The maximum absolute atomic E-state index is 11.1. The number of phenolic OH excluding ortho intramolecular Hbond substituents is 1. The van der Waals surface area contributed by atoms with Gasteiger partial charge < -0.3 is 15.3 Å². The fraction of sp³-hybridized carbons (Fsp3) is 0. The summed E-state index contributed by atoms with van der Waals surface area (Å²) in [5.74, 6) is -1.46. The minimum absolute atomic E-state index is 0.100. The number of carboxylic acid groups (broad SMARTS) is 1. The first kappa shape index (κ1) is 23.4. The van der Waals surface area contributed by atoms with Gasteiger partial charge in [-0.15, -0.1) is 5.11 Å². The van der Waals surface area contributed by atoms with E-state index in [9.17, 15) is 15.0 Å². The molecule has 0 unspecified atom stereocenters. The molecule has 0 spiro atoms. The summed E-state index contributed by atoms with van der Waals surface area (Å²) in [7, 11) is 0. The maximum Gasteiger partial charge on any atom is 0.339 e. The van der Waals surface area contributed by atoms with Crippen LogP contribution in [0.1, 0.15) is 10.4 Å². The van der Waals surface area contributed by atoms with E-state index in [4.69, 9.17) is 5.11 Å². The van der Waals surface area contributed by atoms with Crippen molar-refractivity contribution in [3.63, 3.8) is 0 Å². The van der Waals surface area contributed by atoms with E-state index in [-0.39, 0.29) is 17.1 Å². The molecule has 0 aromatic heterocycles. The van der Waals surface area contributed by atoms with Crippen LogP contribution in [0.15, 0.2) is 124 Å². The van der Waals surface area contributed by atoms with E-state index in [1.54, 1.807) is 18.2 Å². The molecule has 0 aliphatic heterocycles. The standard InChI is InChI=1S/C29H20N4O4/c34-27-16-14-23(17-25(27)29(36)37)32-30-21-10-5-18(6-11-21)19-7-12-22(13-8-19)31-33-26-15-9-20-3-1-2-4-24(20)28(26)35/h1-17,34-35H,(H,36,37). The molecule has 5 aromatic carbocycles. The van der Waals surface area contributed by atoms with Gasteiger partial charge in [0, 0.05) is 5.39 Å². The zero-order valence-electron chi connectivity index (χ0n) is 19.4. The van der Waals surface area contributed by atoms with Crippen molar-refractivity contribution in [2.45, 2.75) is 0 Å². The number of carboxylic acids is 1. The number of aromatic hydroxyl groups is 2. The van der Waals surface area contributed by atoms with Crippen LogP contribution in [-0.4, -0.2) is 21.3 Å². The predicted molar refractivity (Wildman–Crippen MR) is 141 cm³/mol. The van der Waals surface area contributed by atoms with Gasteiger partial charge in [-0.2, -0.15) is 15.3 Å². The normalized spacial score (nSPS) is 11.5. The van der Waals surface area contributed by atoms with Crippen molar-refractivity contribution in [2.75, 3.05) is 0 Å². The number of aromatic carboxylic acids is 1. The monoisotopic (exact) mass is 488 g/mol. The van der Waals surface area contributed by atoms with Gasteiger partial charge in [-0.1, -0.05) is 54.6 Å². The van der Waals surface area contributed by atoms with E-state index in [0.29, 0.717) is 22.7 Å². The SMILES string of the molecule is O=C(O)c1cc(N=Nc2ccc(-c3ccc(N=Nc4ccc5ccccc5c4O)cc3)cc2)ccc1O. The largest absolute Gasteiger partial charge is 0.507 e. The van der Waals surface area contributed by atoms with Gasteiger partial charge in [0.15, 0.2) is 5.75 Å². The molecular weight excluding hydrogens is 468 g/mol. The van der Waals surface area contributed by atoms with Gasteiger partial charge >= 0.3 is 5.97 Å². The molecule has 0 bridgehead atoms. The molecule has 0 saturated carbocycles. The second-order valence-corrected chi connectivity index (χ2v) is 8.15. The Morgan fingerprint density at radius 3 is 1.81 bits per heavy atom. The first-order chi connectivity index (χ1) is 18.0. The maximum atomic E-state index is 11.1. The zero-order valence-corrected chi connectivity index (χ0v) is 19.4. The van der Waals surface area contributed by atoms with Gasteiger partial charge in [0.1, 0.15) is 17.0 Å². The zero-order chi connectivity index (χ0) is 25.8. The van der Waals surface area contributed by atoms with Crippen LogP contribution in [0.3, 0.4) is 0 Å².